The van der Waals surface area contributed by atoms with Gasteiger partial charge in [-0.05, 0) is 36.2 Å². The third kappa shape index (κ3) is 3.66. The largest absolute Gasteiger partial charge is 0.481 e. The summed E-state index contributed by atoms with van der Waals surface area (Å²) in [5.74, 6) is -0.223. The summed E-state index contributed by atoms with van der Waals surface area (Å²) in [6.07, 6.45) is 0.758. The maximum atomic E-state index is 12.8. The van der Waals surface area contributed by atoms with Crippen molar-refractivity contribution in [3.05, 3.63) is 53.8 Å². The Labute approximate surface area is 132 Å². The summed E-state index contributed by atoms with van der Waals surface area (Å²) >= 11 is 0. The lowest BCUT2D eigenvalue weighted by Gasteiger charge is -2.20. The minimum Gasteiger partial charge on any atom is -0.481 e. The Bertz CT molecular complexity index is 744. The van der Waals surface area contributed by atoms with E-state index in [2.05, 4.69) is 10.6 Å². The lowest BCUT2D eigenvalue weighted by molar-refractivity contribution is -0.119. The van der Waals surface area contributed by atoms with Crippen LogP contribution >= 0.6 is 0 Å². The van der Waals surface area contributed by atoms with Crippen molar-refractivity contribution in [3.63, 3.8) is 0 Å². The third-order valence-corrected chi connectivity index (χ3v) is 3.48. The summed E-state index contributed by atoms with van der Waals surface area (Å²) in [6, 6.07) is 11.2. The van der Waals surface area contributed by atoms with Crippen LogP contribution in [0.2, 0.25) is 0 Å². The van der Waals surface area contributed by atoms with Crippen LogP contribution in [0.15, 0.2) is 42.5 Å². The number of nitrogens with one attached hydrogen (secondary N) is 2. The van der Waals surface area contributed by atoms with Crippen molar-refractivity contribution < 1.29 is 18.7 Å². The average Bonchev–Trinajstić information content (AvgIpc) is 2.55. The SMILES string of the molecule is O=C(CCc1ccc(F)cc1)Nc1cccc2c1NC(=O)CO2. The van der Waals surface area contributed by atoms with Crippen molar-refractivity contribution in [1.29, 1.82) is 0 Å². The fourth-order valence-corrected chi connectivity index (χ4v) is 2.32. The van der Waals surface area contributed by atoms with E-state index in [1.807, 2.05) is 0 Å². The van der Waals surface area contributed by atoms with Gasteiger partial charge in [-0.15, -0.1) is 0 Å². The van der Waals surface area contributed by atoms with Gasteiger partial charge in [0.2, 0.25) is 5.91 Å². The van der Waals surface area contributed by atoms with Crippen LogP contribution in [0.4, 0.5) is 15.8 Å². The number of ether oxygens (including phenoxy) is 1. The van der Waals surface area contributed by atoms with Gasteiger partial charge in [-0.3, -0.25) is 9.59 Å². The van der Waals surface area contributed by atoms with E-state index in [0.717, 1.165) is 5.56 Å². The summed E-state index contributed by atoms with van der Waals surface area (Å²) < 4.78 is 18.1. The molecule has 0 saturated heterocycles. The first-order chi connectivity index (χ1) is 11.1. The van der Waals surface area contributed by atoms with Gasteiger partial charge in [-0.25, -0.2) is 4.39 Å². The van der Waals surface area contributed by atoms with E-state index in [4.69, 9.17) is 4.74 Å². The van der Waals surface area contributed by atoms with Crippen LogP contribution in [0.3, 0.4) is 0 Å². The number of hydrogen-bond acceptors (Lipinski definition) is 3. The van der Waals surface area contributed by atoms with Gasteiger partial charge in [-0.2, -0.15) is 0 Å². The van der Waals surface area contributed by atoms with Crippen molar-refractivity contribution in [2.75, 3.05) is 17.2 Å². The van der Waals surface area contributed by atoms with E-state index >= 15 is 0 Å². The van der Waals surface area contributed by atoms with Crippen LogP contribution in [-0.4, -0.2) is 18.4 Å². The number of carbonyl (C=O) groups excluding carboxylic acids is 2. The molecule has 0 aliphatic carbocycles. The zero-order valence-corrected chi connectivity index (χ0v) is 12.3. The molecule has 1 aliphatic heterocycles. The van der Waals surface area contributed by atoms with Crippen molar-refractivity contribution in [3.8, 4) is 5.75 Å². The van der Waals surface area contributed by atoms with Crippen LogP contribution in [0.25, 0.3) is 0 Å². The highest BCUT2D eigenvalue weighted by Gasteiger charge is 2.19. The molecule has 0 unspecified atom stereocenters. The summed E-state index contributed by atoms with van der Waals surface area (Å²) in [4.78, 5) is 23.5. The summed E-state index contributed by atoms with van der Waals surface area (Å²) in [7, 11) is 0. The Kier molecular flexibility index (Phi) is 4.23. The molecule has 2 aromatic rings. The molecule has 1 heterocycles. The molecule has 0 radical (unpaired) electrons. The molecule has 2 aromatic carbocycles. The number of halogens is 1. The number of aryl methyl sites for hydroxylation is 1. The second kappa shape index (κ2) is 6.48. The zero-order chi connectivity index (χ0) is 16.2. The predicted octanol–water partition coefficient (Wildman–Crippen LogP) is 2.73. The van der Waals surface area contributed by atoms with Crippen LogP contribution in [0.1, 0.15) is 12.0 Å². The molecule has 0 atom stereocenters. The standard InChI is InChI=1S/C17H15FN2O3/c18-12-7-4-11(5-8-12)6-9-15(21)19-13-2-1-3-14-17(13)20-16(22)10-23-14/h1-5,7-8H,6,9-10H2,(H,19,21)(H,20,22). The Morgan fingerprint density at radius 2 is 2.00 bits per heavy atom. The zero-order valence-electron chi connectivity index (χ0n) is 12.3. The highest BCUT2D eigenvalue weighted by atomic mass is 19.1. The van der Waals surface area contributed by atoms with E-state index < -0.39 is 0 Å². The van der Waals surface area contributed by atoms with E-state index in [9.17, 15) is 14.0 Å². The summed E-state index contributed by atoms with van der Waals surface area (Å²) in [5, 5.41) is 5.46. The third-order valence-electron chi connectivity index (χ3n) is 3.48. The quantitative estimate of drug-likeness (QED) is 0.912. The van der Waals surface area contributed by atoms with E-state index in [-0.39, 0.29) is 30.7 Å². The Balaban J connectivity index is 1.64. The Morgan fingerprint density at radius 3 is 2.78 bits per heavy atom. The highest BCUT2D eigenvalue weighted by Crippen LogP contribution is 2.34. The minimum atomic E-state index is -0.301. The second-order valence-corrected chi connectivity index (χ2v) is 5.19. The molecule has 0 spiro atoms. The van der Waals surface area contributed by atoms with E-state index in [0.29, 0.717) is 23.5 Å². The number of benzene rings is 2. The first kappa shape index (κ1) is 15.0. The number of hydrogen-bond donors (Lipinski definition) is 2. The molecule has 0 bridgehead atoms. The number of anilines is 2. The molecule has 118 valence electrons. The van der Waals surface area contributed by atoms with Gasteiger partial charge in [0.1, 0.15) is 17.3 Å². The first-order valence-corrected chi connectivity index (χ1v) is 7.22. The molecule has 0 fully saturated rings. The summed E-state index contributed by atoms with van der Waals surface area (Å²) in [6.45, 7) is -0.0328. The number of fused-ring (bicyclic) bond motifs is 1. The fraction of sp³-hybridized carbons (Fsp3) is 0.176. The molecule has 6 heteroatoms. The molecular formula is C17H15FN2O3. The van der Waals surface area contributed by atoms with Crippen LogP contribution in [0, 0.1) is 5.82 Å². The molecule has 1 aliphatic rings. The van der Waals surface area contributed by atoms with Crippen molar-refractivity contribution in [2.24, 2.45) is 0 Å². The molecule has 2 amide bonds. The van der Waals surface area contributed by atoms with Gasteiger partial charge >= 0.3 is 0 Å². The van der Waals surface area contributed by atoms with Crippen molar-refractivity contribution in [2.45, 2.75) is 12.8 Å². The smallest absolute Gasteiger partial charge is 0.262 e. The molecule has 0 aromatic heterocycles. The maximum absolute atomic E-state index is 12.8. The predicted molar refractivity (Wildman–Crippen MR) is 83.9 cm³/mol. The maximum Gasteiger partial charge on any atom is 0.262 e. The number of carbonyl (C=O) groups is 2. The lowest BCUT2D eigenvalue weighted by Crippen LogP contribution is -2.26. The molecular weight excluding hydrogens is 299 g/mol. The van der Waals surface area contributed by atoms with Gasteiger partial charge in [0.15, 0.2) is 6.61 Å². The first-order valence-electron chi connectivity index (χ1n) is 7.22. The summed E-state index contributed by atoms with van der Waals surface area (Å²) in [5.41, 5.74) is 1.85. The molecule has 3 rings (SSSR count). The normalized spacial score (nSPS) is 12.8. The molecule has 0 saturated carbocycles. The monoisotopic (exact) mass is 314 g/mol. The van der Waals surface area contributed by atoms with Gasteiger partial charge in [0.25, 0.3) is 5.91 Å². The van der Waals surface area contributed by atoms with Gasteiger partial charge in [-0.1, -0.05) is 18.2 Å². The Morgan fingerprint density at radius 1 is 1.22 bits per heavy atom. The molecule has 23 heavy (non-hydrogen) atoms. The second-order valence-electron chi connectivity index (χ2n) is 5.19. The van der Waals surface area contributed by atoms with Crippen LogP contribution in [-0.2, 0) is 16.0 Å². The van der Waals surface area contributed by atoms with Crippen LogP contribution in [0.5, 0.6) is 5.75 Å². The number of rotatable bonds is 4. The van der Waals surface area contributed by atoms with Crippen molar-refractivity contribution in [1.82, 2.24) is 0 Å². The fourth-order valence-electron chi connectivity index (χ4n) is 2.32. The van der Waals surface area contributed by atoms with E-state index in [1.54, 1.807) is 30.3 Å². The highest BCUT2D eigenvalue weighted by molar-refractivity contribution is 6.03. The number of para-hydroxylation sites is 1. The molecule has 5 nitrogen and oxygen atoms in total. The van der Waals surface area contributed by atoms with Gasteiger partial charge in [0.05, 0.1) is 5.69 Å². The van der Waals surface area contributed by atoms with Gasteiger partial charge in [0, 0.05) is 6.42 Å². The minimum absolute atomic E-state index is 0.0328. The lowest BCUT2D eigenvalue weighted by atomic mass is 10.1. The van der Waals surface area contributed by atoms with E-state index in [1.165, 1.54) is 12.1 Å². The van der Waals surface area contributed by atoms with Crippen LogP contribution < -0.4 is 15.4 Å². The van der Waals surface area contributed by atoms with Gasteiger partial charge < -0.3 is 15.4 Å². The number of amides is 2. The average molecular weight is 314 g/mol. The van der Waals surface area contributed by atoms with Crippen molar-refractivity contribution >= 4 is 23.2 Å². The molecule has 2 N–H and O–H groups in total. The Hall–Kier alpha value is -2.89. The topological polar surface area (TPSA) is 67.4 Å².